The van der Waals surface area contributed by atoms with E-state index in [1.165, 1.54) is 4.90 Å². The van der Waals surface area contributed by atoms with Crippen molar-refractivity contribution >= 4 is 17.1 Å². The third-order valence-corrected chi connectivity index (χ3v) is 5.07. The summed E-state index contributed by atoms with van der Waals surface area (Å²) in [6.07, 6.45) is 3.53. The van der Waals surface area contributed by atoms with E-state index in [-0.39, 0.29) is 0 Å². The predicted molar refractivity (Wildman–Crippen MR) is 96.1 cm³/mol. The quantitative estimate of drug-likeness (QED) is 0.777. The number of carboxylic acid groups (broad SMARTS) is 1. The highest BCUT2D eigenvalue weighted by atomic mass is 16.4. The van der Waals surface area contributed by atoms with Crippen molar-refractivity contribution in [2.45, 2.75) is 32.7 Å². The minimum atomic E-state index is -0.823. The SMILES string of the molecule is Cc1ncc(Cn2c(CC3CCN(C(=O)O)CC3)nc3ccccc32)o1. The summed E-state index contributed by atoms with van der Waals surface area (Å²) in [7, 11) is 0. The van der Waals surface area contributed by atoms with Crippen LogP contribution in [-0.2, 0) is 13.0 Å². The molecule has 3 aromatic rings. The number of likely N-dealkylation sites (tertiary alicyclic amines) is 1. The van der Waals surface area contributed by atoms with Crippen LogP contribution in [0.2, 0.25) is 0 Å². The molecule has 1 N–H and O–H groups in total. The molecule has 1 aromatic carbocycles. The smallest absolute Gasteiger partial charge is 0.407 e. The lowest BCUT2D eigenvalue weighted by atomic mass is 9.93. The van der Waals surface area contributed by atoms with Crippen molar-refractivity contribution in [1.82, 2.24) is 19.4 Å². The third kappa shape index (κ3) is 3.29. The van der Waals surface area contributed by atoms with Gasteiger partial charge in [-0.1, -0.05) is 12.1 Å². The zero-order valence-electron chi connectivity index (χ0n) is 14.8. The Kier molecular flexibility index (Phi) is 4.36. The van der Waals surface area contributed by atoms with Crippen molar-refractivity contribution in [3.05, 3.63) is 47.9 Å². The number of nitrogens with zero attached hydrogens (tertiary/aromatic N) is 4. The number of benzene rings is 1. The Balaban J connectivity index is 1.58. The molecule has 0 atom stereocenters. The Morgan fingerprint density at radius 3 is 2.77 bits per heavy atom. The van der Waals surface area contributed by atoms with Crippen LogP contribution in [0.15, 0.2) is 34.9 Å². The molecule has 1 aliphatic rings. The Labute approximate surface area is 151 Å². The van der Waals surface area contributed by atoms with Crippen LogP contribution in [0.25, 0.3) is 11.0 Å². The van der Waals surface area contributed by atoms with Crippen LogP contribution in [0.5, 0.6) is 0 Å². The lowest BCUT2D eigenvalue weighted by Crippen LogP contribution is -2.38. The van der Waals surface area contributed by atoms with Crippen LogP contribution in [0.4, 0.5) is 4.79 Å². The molecule has 26 heavy (non-hydrogen) atoms. The fraction of sp³-hybridized carbons (Fsp3) is 0.421. The van der Waals surface area contributed by atoms with Gasteiger partial charge in [0.15, 0.2) is 5.89 Å². The molecule has 3 heterocycles. The Morgan fingerprint density at radius 1 is 1.31 bits per heavy atom. The van der Waals surface area contributed by atoms with Crippen LogP contribution in [-0.4, -0.2) is 43.7 Å². The first-order valence-corrected chi connectivity index (χ1v) is 8.93. The van der Waals surface area contributed by atoms with Gasteiger partial charge in [-0.2, -0.15) is 0 Å². The predicted octanol–water partition coefficient (Wildman–Crippen LogP) is 3.31. The molecule has 0 aliphatic carbocycles. The van der Waals surface area contributed by atoms with Crippen LogP contribution >= 0.6 is 0 Å². The molecule has 1 amide bonds. The highest BCUT2D eigenvalue weighted by Crippen LogP contribution is 2.25. The van der Waals surface area contributed by atoms with Crippen LogP contribution in [0.1, 0.15) is 30.3 Å². The number of hydrogen-bond acceptors (Lipinski definition) is 4. The normalized spacial score (nSPS) is 15.7. The maximum absolute atomic E-state index is 11.1. The monoisotopic (exact) mass is 354 g/mol. The first-order valence-electron chi connectivity index (χ1n) is 8.93. The molecular formula is C19H22N4O3. The van der Waals surface area contributed by atoms with Gasteiger partial charge in [-0.05, 0) is 30.9 Å². The van der Waals surface area contributed by atoms with Gasteiger partial charge < -0.3 is 19.0 Å². The number of piperidine rings is 1. The van der Waals surface area contributed by atoms with Crippen LogP contribution < -0.4 is 0 Å². The second-order valence-electron chi connectivity index (χ2n) is 6.87. The molecule has 136 valence electrons. The number of rotatable bonds is 4. The van der Waals surface area contributed by atoms with Gasteiger partial charge in [0.25, 0.3) is 0 Å². The molecule has 0 spiro atoms. The number of aryl methyl sites for hydroxylation is 1. The van der Waals surface area contributed by atoms with E-state index in [0.29, 0.717) is 31.4 Å². The number of imidazole rings is 1. The van der Waals surface area contributed by atoms with Gasteiger partial charge >= 0.3 is 6.09 Å². The van der Waals surface area contributed by atoms with Gasteiger partial charge in [0.05, 0.1) is 23.8 Å². The maximum atomic E-state index is 11.1. The van der Waals surface area contributed by atoms with Crippen molar-refractivity contribution in [1.29, 1.82) is 0 Å². The molecule has 0 unspecified atom stereocenters. The Morgan fingerprint density at radius 2 is 2.08 bits per heavy atom. The molecule has 0 radical (unpaired) electrons. The summed E-state index contributed by atoms with van der Waals surface area (Å²) >= 11 is 0. The number of hydrogen-bond donors (Lipinski definition) is 1. The molecule has 4 rings (SSSR count). The zero-order chi connectivity index (χ0) is 18.1. The Bertz CT molecular complexity index is 922. The van der Waals surface area contributed by atoms with Gasteiger partial charge in [-0.15, -0.1) is 0 Å². The molecule has 0 bridgehead atoms. The highest BCUT2D eigenvalue weighted by Gasteiger charge is 2.24. The molecule has 0 saturated carbocycles. The summed E-state index contributed by atoms with van der Waals surface area (Å²) in [6.45, 7) is 3.64. The van der Waals surface area contributed by atoms with E-state index in [1.54, 1.807) is 6.20 Å². The molecule has 7 nitrogen and oxygen atoms in total. The number of carbonyl (C=O) groups is 1. The summed E-state index contributed by atoms with van der Waals surface area (Å²) in [5.41, 5.74) is 2.06. The second kappa shape index (κ2) is 6.82. The minimum Gasteiger partial charge on any atom is -0.465 e. The zero-order valence-corrected chi connectivity index (χ0v) is 14.8. The van der Waals surface area contributed by atoms with Crippen LogP contribution in [0.3, 0.4) is 0 Å². The topological polar surface area (TPSA) is 84.4 Å². The van der Waals surface area contributed by atoms with E-state index in [0.717, 1.165) is 41.9 Å². The first-order chi connectivity index (χ1) is 12.6. The van der Waals surface area contributed by atoms with Gasteiger partial charge in [0.1, 0.15) is 11.6 Å². The van der Waals surface area contributed by atoms with E-state index in [4.69, 9.17) is 14.5 Å². The third-order valence-electron chi connectivity index (χ3n) is 5.07. The Hall–Kier alpha value is -2.83. The highest BCUT2D eigenvalue weighted by molar-refractivity contribution is 5.76. The van der Waals surface area contributed by atoms with Crippen LogP contribution in [0, 0.1) is 12.8 Å². The van der Waals surface area contributed by atoms with E-state index in [2.05, 4.69) is 15.6 Å². The largest absolute Gasteiger partial charge is 0.465 e. The van der Waals surface area contributed by atoms with Gasteiger partial charge in [-0.3, -0.25) is 0 Å². The van der Waals surface area contributed by atoms with Gasteiger partial charge in [0, 0.05) is 26.4 Å². The molecule has 1 fully saturated rings. The summed E-state index contributed by atoms with van der Waals surface area (Å²) in [4.78, 5) is 21.6. The van der Waals surface area contributed by atoms with Crippen molar-refractivity contribution < 1.29 is 14.3 Å². The number of amides is 1. The average Bonchev–Trinajstić information content (AvgIpc) is 3.20. The van der Waals surface area contributed by atoms with Crippen molar-refractivity contribution in [2.24, 2.45) is 5.92 Å². The van der Waals surface area contributed by atoms with Gasteiger partial charge in [-0.25, -0.2) is 14.8 Å². The minimum absolute atomic E-state index is 0.442. The molecule has 1 aliphatic heterocycles. The molecule has 7 heteroatoms. The van der Waals surface area contributed by atoms with Crippen molar-refractivity contribution in [3.8, 4) is 0 Å². The lowest BCUT2D eigenvalue weighted by Gasteiger charge is -2.29. The summed E-state index contributed by atoms with van der Waals surface area (Å²) in [5.74, 6) is 2.94. The molecule has 1 saturated heterocycles. The molecular weight excluding hydrogens is 332 g/mol. The number of oxazole rings is 1. The summed E-state index contributed by atoms with van der Waals surface area (Å²) in [6, 6.07) is 8.10. The van der Waals surface area contributed by atoms with E-state index in [1.807, 2.05) is 25.1 Å². The van der Waals surface area contributed by atoms with Crippen molar-refractivity contribution in [3.63, 3.8) is 0 Å². The summed E-state index contributed by atoms with van der Waals surface area (Å²) in [5, 5.41) is 9.11. The standard InChI is InChI=1S/C19H22N4O3/c1-13-20-11-15(26-13)12-23-17-5-3-2-4-16(17)21-18(23)10-14-6-8-22(9-7-14)19(24)25/h2-5,11,14H,6-10,12H2,1H3,(H,24,25). The second-order valence-corrected chi connectivity index (χ2v) is 6.87. The maximum Gasteiger partial charge on any atom is 0.407 e. The van der Waals surface area contributed by atoms with E-state index >= 15 is 0 Å². The number of para-hydroxylation sites is 2. The first kappa shape index (κ1) is 16.6. The fourth-order valence-electron chi connectivity index (χ4n) is 3.68. The fourth-order valence-corrected chi connectivity index (χ4v) is 3.68. The lowest BCUT2D eigenvalue weighted by molar-refractivity contribution is 0.124. The number of aromatic nitrogens is 3. The van der Waals surface area contributed by atoms with E-state index in [9.17, 15) is 4.79 Å². The molecule has 2 aromatic heterocycles. The van der Waals surface area contributed by atoms with Gasteiger partial charge in [0.2, 0.25) is 0 Å². The summed E-state index contributed by atoms with van der Waals surface area (Å²) < 4.78 is 7.85. The number of fused-ring (bicyclic) bond motifs is 1. The average molecular weight is 354 g/mol. The van der Waals surface area contributed by atoms with Crippen molar-refractivity contribution in [2.75, 3.05) is 13.1 Å². The van der Waals surface area contributed by atoms with E-state index < -0.39 is 6.09 Å².